The molecule has 26 heavy (non-hydrogen) atoms. The van der Waals surface area contributed by atoms with Gasteiger partial charge in [-0.1, -0.05) is 0 Å². The van der Waals surface area contributed by atoms with Gasteiger partial charge >= 0.3 is 0 Å². The van der Waals surface area contributed by atoms with Gasteiger partial charge in [0, 0.05) is 43.6 Å². The van der Waals surface area contributed by atoms with Crippen LogP contribution in [0.15, 0.2) is 61.3 Å². The number of likely N-dealkylation sites (tertiary alicyclic amines) is 1. The molecule has 132 valence electrons. The minimum Gasteiger partial charge on any atom is -0.336 e. The van der Waals surface area contributed by atoms with Crippen LogP contribution in [0.5, 0.6) is 0 Å². The van der Waals surface area contributed by atoms with E-state index in [-0.39, 0.29) is 5.91 Å². The molecule has 3 aromatic rings. The van der Waals surface area contributed by atoms with Gasteiger partial charge in [0.05, 0.1) is 5.56 Å². The van der Waals surface area contributed by atoms with Crippen molar-refractivity contribution in [2.75, 3.05) is 6.54 Å². The maximum atomic E-state index is 12.9. The summed E-state index contributed by atoms with van der Waals surface area (Å²) in [4.78, 5) is 23.4. The highest BCUT2D eigenvalue weighted by Crippen LogP contribution is 2.24. The van der Waals surface area contributed by atoms with Crippen LogP contribution in [0.1, 0.15) is 35.2 Å². The Morgan fingerprint density at radius 2 is 2.04 bits per heavy atom. The minimum atomic E-state index is 0.0711. The van der Waals surface area contributed by atoms with Crippen molar-refractivity contribution >= 4 is 5.91 Å². The molecule has 1 aliphatic rings. The topological polar surface area (TPSA) is 63.9 Å². The van der Waals surface area contributed by atoms with Crippen molar-refractivity contribution in [3.63, 3.8) is 0 Å². The average molecular weight is 347 g/mol. The molecule has 1 aliphatic heterocycles. The molecule has 0 spiro atoms. The molecular weight excluding hydrogens is 326 g/mol. The van der Waals surface area contributed by atoms with Crippen molar-refractivity contribution in [1.29, 1.82) is 0 Å². The van der Waals surface area contributed by atoms with Crippen LogP contribution in [-0.4, -0.2) is 43.1 Å². The van der Waals surface area contributed by atoms with Gasteiger partial charge in [-0.2, -0.15) is 5.10 Å². The lowest BCUT2D eigenvalue weighted by Crippen LogP contribution is -2.35. The standard InChI is InChI=1S/C20H21N5O/c26-20(17-5-7-19(22-15-17)25-14-2-10-23-25)24-13-1-3-18(24)6-4-16-8-11-21-12-9-16/h2,5,7-12,14-15,18H,1,3-4,6,13H2/t18-/m1/s1. The van der Waals surface area contributed by atoms with Gasteiger partial charge in [0.2, 0.25) is 0 Å². The highest BCUT2D eigenvalue weighted by atomic mass is 16.2. The number of aryl methyl sites for hydroxylation is 1. The average Bonchev–Trinajstić information content (AvgIpc) is 3.39. The van der Waals surface area contributed by atoms with Gasteiger partial charge in [-0.05, 0) is 61.6 Å². The van der Waals surface area contributed by atoms with Crippen molar-refractivity contribution in [2.45, 2.75) is 31.7 Å². The summed E-state index contributed by atoms with van der Waals surface area (Å²) in [5, 5.41) is 4.16. The number of carbonyl (C=O) groups excluding carboxylic acids is 1. The number of carbonyl (C=O) groups is 1. The summed E-state index contributed by atoms with van der Waals surface area (Å²) in [7, 11) is 0. The van der Waals surface area contributed by atoms with Gasteiger partial charge in [0.15, 0.2) is 5.82 Å². The van der Waals surface area contributed by atoms with Crippen molar-refractivity contribution < 1.29 is 4.79 Å². The Bertz CT molecular complexity index is 846. The van der Waals surface area contributed by atoms with E-state index in [1.54, 1.807) is 17.1 Å². The molecule has 0 aromatic carbocycles. The van der Waals surface area contributed by atoms with Gasteiger partial charge < -0.3 is 4.90 Å². The highest BCUT2D eigenvalue weighted by molar-refractivity contribution is 5.94. The van der Waals surface area contributed by atoms with E-state index in [1.807, 2.05) is 53.8 Å². The molecule has 0 radical (unpaired) electrons. The van der Waals surface area contributed by atoms with Crippen LogP contribution in [0, 0.1) is 0 Å². The first-order valence-corrected chi connectivity index (χ1v) is 8.97. The normalized spacial score (nSPS) is 16.8. The van der Waals surface area contributed by atoms with Crippen LogP contribution >= 0.6 is 0 Å². The largest absolute Gasteiger partial charge is 0.336 e. The van der Waals surface area contributed by atoms with Crippen molar-refractivity contribution in [1.82, 2.24) is 24.6 Å². The number of pyridine rings is 2. The first-order valence-electron chi connectivity index (χ1n) is 8.97. The Kier molecular flexibility index (Phi) is 4.73. The lowest BCUT2D eigenvalue weighted by molar-refractivity contribution is 0.0730. The van der Waals surface area contributed by atoms with Gasteiger partial charge in [-0.25, -0.2) is 9.67 Å². The fraction of sp³-hybridized carbons (Fsp3) is 0.300. The number of nitrogens with zero attached hydrogens (tertiary/aromatic N) is 5. The Balaban J connectivity index is 1.43. The van der Waals surface area contributed by atoms with E-state index in [1.165, 1.54) is 5.56 Å². The van der Waals surface area contributed by atoms with Crippen LogP contribution in [0.3, 0.4) is 0 Å². The van der Waals surface area contributed by atoms with Gasteiger partial charge in [0.25, 0.3) is 5.91 Å². The zero-order valence-corrected chi connectivity index (χ0v) is 14.5. The Labute approximate surface area is 152 Å². The van der Waals surface area contributed by atoms with Crippen molar-refractivity contribution in [2.24, 2.45) is 0 Å². The Hall–Kier alpha value is -3.02. The van der Waals surface area contributed by atoms with E-state index in [4.69, 9.17) is 0 Å². The fourth-order valence-electron chi connectivity index (χ4n) is 3.50. The zero-order valence-electron chi connectivity index (χ0n) is 14.5. The summed E-state index contributed by atoms with van der Waals surface area (Å²) in [6.07, 6.45) is 12.9. The van der Waals surface area contributed by atoms with E-state index in [2.05, 4.69) is 15.1 Å². The summed E-state index contributed by atoms with van der Waals surface area (Å²) < 4.78 is 1.68. The molecule has 0 aliphatic carbocycles. The van der Waals surface area contributed by atoms with Gasteiger partial charge in [-0.15, -0.1) is 0 Å². The van der Waals surface area contributed by atoms with E-state index >= 15 is 0 Å². The molecular formula is C20H21N5O. The summed E-state index contributed by atoms with van der Waals surface area (Å²) in [5.74, 6) is 0.781. The predicted octanol–water partition coefficient (Wildman–Crippen LogP) is 2.90. The van der Waals surface area contributed by atoms with Gasteiger partial charge in [0.1, 0.15) is 0 Å². The number of hydrogen-bond donors (Lipinski definition) is 0. The molecule has 4 heterocycles. The molecule has 0 saturated carbocycles. The summed E-state index contributed by atoms with van der Waals surface area (Å²) in [6, 6.07) is 9.89. The molecule has 1 atom stereocenters. The van der Waals surface area contributed by atoms with Crippen LogP contribution in [0.4, 0.5) is 0 Å². The first kappa shape index (κ1) is 16.4. The number of hydrogen-bond acceptors (Lipinski definition) is 4. The number of amides is 1. The van der Waals surface area contributed by atoms with E-state index in [0.717, 1.165) is 32.2 Å². The molecule has 1 amide bonds. The second-order valence-electron chi connectivity index (χ2n) is 6.54. The predicted molar refractivity (Wildman–Crippen MR) is 98.0 cm³/mol. The molecule has 3 aromatic heterocycles. The second kappa shape index (κ2) is 7.47. The molecule has 0 bridgehead atoms. The number of aromatic nitrogens is 4. The lowest BCUT2D eigenvalue weighted by Gasteiger charge is -2.25. The van der Waals surface area contributed by atoms with Crippen molar-refractivity contribution in [3.8, 4) is 5.82 Å². The maximum absolute atomic E-state index is 12.9. The van der Waals surface area contributed by atoms with Gasteiger partial charge in [-0.3, -0.25) is 9.78 Å². The zero-order chi connectivity index (χ0) is 17.8. The molecule has 1 fully saturated rings. The van der Waals surface area contributed by atoms with Crippen LogP contribution < -0.4 is 0 Å². The highest BCUT2D eigenvalue weighted by Gasteiger charge is 2.29. The fourth-order valence-corrected chi connectivity index (χ4v) is 3.50. The number of rotatable bonds is 5. The van der Waals surface area contributed by atoms with Crippen LogP contribution in [-0.2, 0) is 6.42 Å². The van der Waals surface area contributed by atoms with E-state index in [9.17, 15) is 4.79 Å². The minimum absolute atomic E-state index is 0.0711. The summed E-state index contributed by atoms with van der Waals surface area (Å²) >= 11 is 0. The monoisotopic (exact) mass is 347 g/mol. The maximum Gasteiger partial charge on any atom is 0.255 e. The third-order valence-corrected chi connectivity index (χ3v) is 4.89. The SMILES string of the molecule is O=C(c1ccc(-n2cccn2)nc1)N1CCC[C@@H]1CCc1ccncc1. The summed E-state index contributed by atoms with van der Waals surface area (Å²) in [5.41, 5.74) is 1.90. The van der Waals surface area contributed by atoms with Crippen LogP contribution in [0.2, 0.25) is 0 Å². The quantitative estimate of drug-likeness (QED) is 0.712. The Morgan fingerprint density at radius 1 is 1.15 bits per heavy atom. The molecule has 6 nitrogen and oxygen atoms in total. The summed E-state index contributed by atoms with van der Waals surface area (Å²) in [6.45, 7) is 0.820. The molecule has 1 saturated heterocycles. The third kappa shape index (κ3) is 3.49. The first-order chi connectivity index (χ1) is 12.8. The van der Waals surface area contributed by atoms with Crippen molar-refractivity contribution in [3.05, 3.63) is 72.4 Å². The third-order valence-electron chi connectivity index (χ3n) is 4.89. The molecule has 0 unspecified atom stereocenters. The molecule has 4 rings (SSSR count). The second-order valence-corrected chi connectivity index (χ2v) is 6.54. The molecule has 0 N–H and O–H groups in total. The van der Waals surface area contributed by atoms with E-state index in [0.29, 0.717) is 17.4 Å². The smallest absolute Gasteiger partial charge is 0.255 e. The van der Waals surface area contributed by atoms with E-state index < -0.39 is 0 Å². The lowest BCUT2D eigenvalue weighted by atomic mass is 10.0. The Morgan fingerprint density at radius 3 is 2.77 bits per heavy atom. The van der Waals surface area contributed by atoms with Crippen LogP contribution in [0.25, 0.3) is 5.82 Å². The molecule has 6 heteroatoms.